The maximum atomic E-state index is 12.7. The van der Waals surface area contributed by atoms with E-state index in [0.717, 1.165) is 0 Å². The number of esters is 3. The Morgan fingerprint density at radius 1 is 0.583 bits per heavy atom. The number of hydrogen-bond acceptors (Lipinski definition) is 23. The molecule has 0 spiro atoms. The molecule has 0 aromatic heterocycles. The van der Waals surface area contributed by atoms with Gasteiger partial charge >= 0.3 is 65.7 Å². The van der Waals surface area contributed by atoms with Crippen LogP contribution < -0.4 is 5.32 Å². The van der Waals surface area contributed by atoms with Gasteiger partial charge in [-0.25, -0.2) is 82.3 Å². The smallest absolute Gasteiger partial charge is 0.418 e. The van der Waals surface area contributed by atoms with Crippen molar-refractivity contribution >= 4 is 65.7 Å². The Balaban J connectivity index is 1.78. The molecule has 1 unspecified atom stereocenters. The van der Waals surface area contributed by atoms with E-state index in [1.165, 1.54) is 0 Å². The predicted molar refractivity (Wildman–Crippen MR) is 131 cm³/mol. The molecule has 0 radical (unpaired) electrons. The SMILES string of the molecule is O=C1/C=C(\OC(=O)CCC(=O)O/C2=C(\OC(=O)C3CCCN3)C(=O)OOC(=O)/C=C/C(=O)OOC2=O)C(=O)OOC(=O)/C=C/C(=O)OO1. The average Bonchev–Trinajstić information content (AvgIpc) is 3.60. The van der Waals surface area contributed by atoms with Crippen LogP contribution >= 0.6 is 0 Å². The van der Waals surface area contributed by atoms with E-state index in [9.17, 15) is 52.7 Å². The van der Waals surface area contributed by atoms with Crippen molar-refractivity contribution in [3.05, 3.63) is 47.7 Å². The minimum atomic E-state index is -1.96. The van der Waals surface area contributed by atoms with Crippen LogP contribution in [0.1, 0.15) is 25.7 Å². The van der Waals surface area contributed by atoms with Crippen molar-refractivity contribution in [3.8, 4) is 0 Å². The summed E-state index contributed by atoms with van der Waals surface area (Å²) in [6, 6.07) is -1.03. The summed E-state index contributed by atoms with van der Waals surface area (Å²) < 4.78 is 14.2. The molecule has 23 heteroatoms. The van der Waals surface area contributed by atoms with Crippen LogP contribution in [0.25, 0.3) is 0 Å². The molecule has 0 aliphatic carbocycles. The van der Waals surface area contributed by atoms with Gasteiger partial charge in [-0.15, -0.1) is 0 Å². The molecule has 0 aromatic carbocycles. The normalized spacial score (nSPS) is 23.3. The lowest BCUT2D eigenvalue weighted by Crippen LogP contribution is -2.34. The Morgan fingerprint density at radius 2 is 1.02 bits per heavy atom. The topological polar surface area (TPSA) is 301 Å². The largest absolute Gasteiger partial charge is 0.425 e. The van der Waals surface area contributed by atoms with Crippen molar-refractivity contribution < 1.29 is 106 Å². The van der Waals surface area contributed by atoms with E-state index in [2.05, 4.69) is 49.2 Å². The first-order valence-electron chi connectivity index (χ1n) is 12.7. The van der Waals surface area contributed by atoms with Crippen LogP contribution in [0.2, 0.25) is 0 Å². The van der Waals surface area contributed by atoms with Gasteiger partial charge in [0.1, 0.15) is 6.04 Å². The van der Waals surface area contributed by atoms with Gasteiger partial charge < -0.3 is 19.5 Å². The highest BCUT2D eigenvalue weighted by Crippen LogP contribution is 2.19. The second-order valence-electron chi connectivity index (χ2n) is 8.48. The van der Waals surface area contributed by atoms with Crippen molar-refractivity contribution in [2.75, 3.05) is 6.54 Å². The molecule has 1 atom stereocenters. The summed E-state index contributed by atoms with van der Waals surface area (Å²) in [6.07, 6.45) is 0.284. The summed E-state index contributed by atoms with van der Waals surface area (Å²) in [7, 11) is 0. The fourth-order valence-electron chi connectivity index (χ4n) is 3.04. The second-order valence-corrected chi connectivity index (χ2v) is 8.48. The highest BCUT2D eigenvalue weighted by Gasteiger charge is 2.37. The zero-order valence-corrected chi connectivity index (χ0v) is 23.5. The third-order valence-corrected chi connectivity index (χ3v) is 5.06. The fraction of sp³-hybridized carbons (Fsp3) is 0.240. The summed E-state index contributed by atoms with van der Waals surface area (Å²) in [4.78, 5) is 165. The molecular weight excluding hydrogens is 666 g/mol. The molecule has 1 fully saturated rings. The summed E-state index contributed by atoms with van der Waals surface area (Å²) >= 11 is 0. The quantitative estimate of drug-likeness (QED) is 0.163. The third-order valence-electron chi connectivity index (χ3n) is 5.06. The molecule has 0 aromatic rings. The molecule has 0 amide bonds. The molecule has 3 aliphatic rings. The molecule has 0 bridgehead atoms. The van der Waals surface area contributed by atoms with E-state index in [4.69, 9.17) is 9.47 Å². The first-order valence-corrected chi connectivity index (χ1v) is 12.7. The average molecular weight is 683 g/mol. The predicted octanol–water partition coefficient (Wildman–Crippen LogP) is -2.61. The highest BCUT2D eigenvalue weighted by molar-refractivity contribution is 6.02. The maximum absolute atomic E-state index is 12.7. The Morgan fingerprint density at radius 3 is 1.52 bits per heavy atom. The zero-order chi connectivity index (χ0) is 35.2. The third kappa shape index (κ3) is 11.2. The number of rotatable bonds is 7. The van der Waals surface area contributed by atoms with Crippen molar-refractivity contribution in [1.29, 1.82) is 0 Å². The van der Waals surface area contributed by atoms with Gasteiger partial charge in [-0.1, -0.05) is 0 Å². The van der Waals surface area contributed by atoms with Crippen molar-refractivity contribution in [3.63, 3.8) is 0 Å². The van der Waals surface area contributed by atoms with Crippen molar-refractivity contribution in [2.45, 2.75) is 31.7 Å². The number of ether oxygens (including phenoxy) is 3. The van der Waals surface area contributed by atoms with Gasteiger partial charge in [0, 0.05) is 24.3 Å². The van der Waals surface area contributed by atoms with Crippen molar-refractivity contribution in [1.82, 2.24) is 5.32 Å². The minimum Gasteiger partial charge on any atom is -0.418 e. The summed E-state index contributed by atoms with van der Waals surface area (Å²) in [5, 5.41) is 2.70. The summed E-state index contributed by atoms with van der Waals surface area (Å²) in [5.74, 6) is -21.8. The molecule has 254 valence electrons. The van der Waals surface area contributed by atoms with Gasteiger partial charge in [-0.3, -0.25) is 9.59 Å². The number of nitrogens with one attached hydrogen (secondary N) is 1. The number of carbonyl (C=O) groups is 11. The van der Waals surface area contributed by atoms with Crippen LogP contribution in [-0.2, 0) is 106 Å². The lowest BCUT2D eigenvalue weighted by Gasteiger charge is -2.15. The number of hydrogen-bond donors (Lipinski definition) is 1. The molecule has 3 aliphatic heterocycles. The first kappa shape index (κ1) is 35.6. The van der Waals surface area contributed by atoms with Gasteiger partial charge in [0.2, 0.25) is 5.76 Å². The van der Waals surface area contributed by atoms with E-state index < -0.39 is 102 Å². The summed E-state index contributed by atoms with van der Waals surface area (Å²) in [5.41, 5.74) is 0. The molecule has 48 heavy (non-hydrogen) atoms. The molecular formula is C25H17NO22. The Kier molecular flexibility index (Phi) is 12.6. The van der Waals surface area contributed by atoms with E-state index in [-0.39, 0.29) is 12.5 Å². The Labute approximate surface area is 263 Å². The van der Waals surface area contributed by atoms with Crippen LogP contribution in [0.4, 0.5) is 0 Å². The minimum absolute atomic E-state index is 0.116. The van der Waals surface area contributed by atoms with Crippen LogP contribution in [0.5, 0.6) is 0 Å². The fourth-order valence-corrected chi connectivity index (χ4v) is 3.04. The Bertz CT molecular complexity index is 1560. The monoisotopic (exact) mass is 683 g/mol. The van der Waals surface area contributed by atoms with Crippen molar-refractivity contribution in [2.24, 2.45) is 0 Å². The lowest BCUT2D eigenvalue weighted by atomic mass is 10.2. The van der Waals surface area contributed by atoms with E-state index in [0.29, 0.717) is 37.3 Å². The van der Waals surface area contributed by atoms with Gasteiger partial charge in [-0.05, 0) is 19.4 Å². The molecule has 23 nitrogen and oxygen atoms in total. The van der Waals surface area contributed by atoms with Crippen LogP contribution in [-0.4, -0.2) is 78.2 Å². The highest BCUT2D eigenvalue weighted by atomic mass is 17.2. The number of carbonyl (C=O) groups excluding carboxylic acids is 11. The standard InChI is InChI=1S/C25H17NO22/c27-13(38-12-10-19(33)45-41-15(29)5-6-16(30)42-46-23(12)35)3-4-14(28)39-20-21(40-22(34)11-2-1-9-26-11)25(37)48-44-18(32)8-7-17(31)43-47-24(20)36/h5-8,10-11,26H,1-4,9H2/b6-5+,8-7+,12-10-,21-20-. The summed E-state index contributed by atoms with van der Waals surface area (Å²) in [6.45, 7) is 0.356. The molecule has 0 saturated carbocycles. The molecule has 3 rings (SSSR count). The zero-order valence-electron chi connectivity index (χ0n) is 23.5. The lowest BCUT2D eigenvalue weighted by molar-refractivity contribution is -0.258. The van der Waals surface area contributed by atoms with Gasteiger partial charge in [-0.2, -0.15) is 0 Å². The molecule has 1 saturated heterocycles. The van der Waals surface area contributed by atoms with Gasteiger partial charge in [0.15, 0.2) is 0 Å². The van der Waals surface area contributed by atoms with Crippen LogP contribution in [0.15, 0.2) is 47.7 Å². The molecule has 1 N–H and O–H groups in total. The van der Waals surface area contributed by atoms with Crippen LogP contribution in [0.3, 0.4) is 0 Å². The van der Waals surface area contributed by atoms with Gasteiger partial charge in [0.25, 0.3) is 11.5 Å². The first-order chi connectivity index (χ1) is 22.8. The van der Waals surface area contributed by atoms with Gasteiger partial charge in [0.05, 0.1) is 18.9 Å². The van der Waals surface area contributed by atoms with E-state index in [1.54, 1.807) is 0 Å². The maximum Gasteiger partial charge on any atom is 0.425 e. The second kappa shape index (κ2) is 17.0. The Hall–Kier alpha value is -6.91. The van der Waals surface area contributed by atoms with E-state index in [1.807, 2.05) is 0 Å². The van der Waals surface area contributed by atoms with E-state index >= 15 is 0 Å². The molecule has 3 heterocycles. The van der Waals surface area contributed by atoms with Crippen LogP contribution in [0, 0.1) is 0 Å².